The van der Waals surface area contributed by atoms with Crippen LogP contribution in [0.1, 0.15) is 12.0 Å². The fourth-order valence-electron chi connectivity index (χ4n) is 2.31. The number of nitrogens with one attached hydrogen (secondary N) is 1. The van der Waals surface area contributed by atoms with Crippen molar-refractivity contribution in [1.82, 2.24) is 9.62 Å². The highest BCUT2D eigenvalue weighted by atomic mass is 35.5. The summed E-state index contributed by atoms with van der Waals surface area (Å²) in [5.41, 5.74) is 0.906. The lowest BCUT2D eigenvalue weighted by molar-refractivity contribution is 0.397. The number of sulfonamides is 1. The Bertz CT molecular complexity index is 563. The van der Waals surface area contributed by atoms with Crippen LogP contribution < -0.4 is 10.1 Å². The molecule has 1 aliphatic heterocycles. The largest absolute Gasteiger partial charge is 0.495 e. The van der Waals surface area contributed by atoms with Gasteiger partial charge < -0.3 is 10.1 Å². The zero-order valence-electron chi connectivity index (χ0n) is 11.9. The monoisotopic (exact) mass is 320 g/mol. The summed E-state index contributed by atoms with van der Waals surface area (Å²) in [6.07, 6.45) is 0.837. The lowest BCUT2D eigenvalue weighted by Gasteiger charge is -2.18. The van der Waals surface area contributed by atoms with Crippen LogP contribution in [-0.4, -0.2) is 46.0 Å². The Morgan fingerprint density at radius 1 is 1.40 bits per heavy atom. The molecule has 1 atom stereocenters. The third-order valence-electron chi connectivity index (χ3n) is 3.50. The molecule has 20 heavy (non-hydrogen) atoms. The van der Waals surface area contributed by atoms with Crippen LogP contribution in [0.4, 0.5) is 0 Å². The van der Waals surface area contributed by atoms with Crippen molar-refractivity contribution < 1.29 is 13.2 Å². The Kier molecular flexibility index (Phi) is 5.82. The predicted octanol–water partition coefficient (Wildman–Crippen LogP) is 1.41. The Balaban J connectivity index is 0.00000200. The molecule has 1 saturated heterocycles. The highest BCUT2D eigenvalue weighted by molar-refractivity contribution is 7.89. The zero-order valence-corrected chi connectivity index (χ0v) is 13.6. The minimum atomic E-state index is -3.48. The van der Waals surface area contributed by atoms with Crippen molar-refractivity contribution in [2.24, 2.45) is 0 Å². The summed E-state index contributed by atoms with van der Waals surface area (Å²) >= 11 is 0. The van der Waals surface area contributed by atoms with E-state index in [0.717, 1.165) is 12.0 Å². The summed E-state index contributed by atoms with van der Waals surface area (Å²) < 4.78 is 32.0. The minimum absolute atomic E-state index is 0. The quantitative estimate of drug-likeness (QED) is 0.911. The third-order valence-corrected chi connectivity index (χ3v) is 5.38. The molecule has 0 saturated carbocycles. The Morgan fingerprint density at radius 3 is 2.65 bits per heavy atom. The molecule has 7 heteroatoms. The summed E-state index contributed by atoms with van der Waals surface area (Å²) in [5.74, 6) is 0.401. The lowest BCUT2D eigenvalue weighted by atomic mass is 10.2. The Labute approximate surface area is 126 Å². The van der Waals surface area contributed by atoms with Gasteiger partial charge in [-0.05, 0) is 38.1 Å². The number of ether oxygens (including phenoxy) is 1. The van der Waals surface area contributed by atoms with Crippen molar-refractivity contribution in [3.05, 3.63) is 23.8 Å². The smallest absolute Gasteiger partial charge is 0.246 e. The Hall–Kier alpha value is -0.820. The summed E-state index contributed by atoms with van der Waals surface area (Å²) in [6, 6.07) is 5.44. The first-order chi connectivity index (χ1) is 8.98. The fourth-order valence-corrected chi connectivity index (χ4v) is 4.05. The molecule has 1 unspecified atom stereocenters. The van der Waals surface area contributed by atoms with Gasteiger partial charge in [-0.1, -0.05) is 6.07 Å². The predicted molar refractivity (Wildman–Crippen MR) is 81.2 cm³/mol. The molecule has 0 bridgehead atoms. The van der Waals surface area contributed by atoms with Crippen LogP contribution in [0, 0.1) is 6.92 Å². The van der Waals surface area contributed by atoms with E-state index in [0.29, 0.717) is 18.8 Å². The minimum Gasteiger partial charge on any atom is -0.495 e. The number of rotatable bonds is 4. The van der Waals surface area contributed by atoms with Gasteiger partial charge in [-0.15, -0.1) is 12.4 Å². The van der Waals surface area contributed by atoms with E-state index >= 15 is 0 Å². The average Bonchev–Trinajstić information content (AvgIpc) is 2.88. The van der Waals surface area contributed by atoms with Gasteiger partial charge in [-0.25, -0.2) is 8.42 Å². The second kappa shape index (κ2) is 6.76. The van der Waals surface area contributed by atoms with Crippen molar-refractivity contribution in [2.75, 3.05) is 27.2 Å². The molecule has 2 rings (SSSR count). The van der Waals surface area contributed by atoms with Crippen LogP contribution in [-0.2, 0) is 10.0 Å². The van der Waals surface area contributed by atoms with Crippen molar-refractivity contribution in [1.29, 1.82) is 0 Å². The molecule has 5 nitrogen and oxygen atoms in total. The standard InChI is InChI=1S/C13H20N2O3S.ClH/c1-10-4-5-12(18-3)13(8-10)19(16,17)15-7-6-11(9-15)14-2;/h4-5,8,11,14H,6-7,9H2,1-3H3;1H. The number of hydrogen-bond acceptors (Lipinski definition) is 4. The molecule has 0 aromatic heterocycles. The molecule has 0 spiro atoms. The van der Waals surface area contributed by atoms with Crippen LogP contribution in [0.3, 0.4) is 0 Å². The maximum absolute atomic E-state index is 12.6. The third kappa shape index (κ3) is 3.25. The summed E-state index contributed by atoms with van der Waals surface area (Å²) in [7, 11) is -0.133. The van der Waals surface area contributed by atoms with E-state index in [1.807, 2.05) is 20.0 Å². The number of nitrogens with zero attached hydrogens (tertiary/aromatic N) is 1. The first-order valence-corrected chi connectivity index (χ1v) is 7.75. The molecule has 0 radical (unpaired) electrons. The summed E-state index contributed by atoms with van der Waals surface area (Å²) in [6.45, 7) is 2.93. The normalized spacial score (nSPS) is 19.6. The van der Waals surface area contributed by atoms with E-state index in [-0.39, 0.29) is 23.3 Å². The molecule has 1 fully saturated rings. The maximum atomic E-state index is 12.6. The van der Waals surface area contributed by atoms with Gasteiger partial charge in [0.25, 0.3) is 0 Å². The number of methoxy groups -OCH3 is 1. The average molecular weight is 321 g/mol. The first-order valence-electron chi connectivity index (χ1n) is 6.31. The fraction of sp³-hybridized carbons (Fsp3) is 0.538. The first kappa shape index (κ1) is 17.2. The van der Waals surface area contributed by atoms with Crippen LogP contribution in [0.5, 0.6) is 5.75 Å². The van der Waals surface area contributed by atoms with E-state index in [1.54, 1.807) is 12.1 Å². The van der Waals surface area contributed by atoms with E-state index in [4.69, 9.17) is 4.74 Å². The van der Waals surface area contributed by atoms with Crippen LogP contribution in [0.2, 0.25) is 0 Å². The van der Waals surface area contributed by atoms with Gasteiger partial charge in [-0.2, -0.15) is 4.31 Å². The van der Waals surface area contributed by atoms with Crippen molar-refractivity contribution in [3.8, 4) is 5.75 Å². The maximum Gasteiger partial charge on any atom is 0.246 e. The van der Waals surface area contributed by atoms with Gasteiger partial charge in [-0.3, -0.25) is 0 Å². The molecule has 1 heterocycles. The summed E-state index contributed by atoms with van der Waals surface area (Å²) in [5, 5.41) is 3.12. The van der Waals surface area contributed by atoms with Crippen LogP contribution in [0.25, 0.3) is 0 Å². The van der Waals surface area contributed by atoms with E-state index in [9.17, 15) is 8.42 Å². The molecule has 114 valence electrons. The number of likely N-dealkylation sites (N-methyl/N-ethyl adjacent to an activating group) is 1. The number of hydrogen-bond donors (Lipinski definition) is 1. The van der Waals surface area contributed by atoms with Crippen molar-refractivity contribution in [3.63, 3.8) is 0 Å². The molecule has 1 aromatic carbocycles. The SMILES string of the molecule is CNC1CCN(S(=O)(=O)c2cc(C)ccc2OC)C1.Cl. The van der Waals surface area contributed by atoms with Gasteiger partial charge in [0.1, 0.15) is 10.6 Å². The topological polar surface area (TPSA) is 58.6 Å². The van der Waals surface area contributed by atoms with Gasteiger partial charge in [0.2, 0.25) is 10.0 Å². The highest BCUT2D eigenvalue weighted by Gasteiger charge is 2.33. The van der Waals surface area contributed by atoms with E-state index < -0.39 is 10.0 Å². The molecule has 1 aromatic rings. The lowest BCUT2D eigenvalue weighted by Crippen LogP contribution is -2.33. The highest BCUT2D eigenvalue weighted by Crippen LogP contribution is 2.29. The number of halogens is 1. The Morgan fingerprint density at radius 2 is 2.10 bits per heavy atom. The van der Waals surface area contributed by atoms with E-state index in [2.05, 4.69) is 5.32 Å². The zero-order chi connectivity index (χ0) is 14.0. The van der Waals surface area contributed by atoms with E-state index in [1.165, 1.54) is 11.4 Å². The summed E-state index contributed by atoms with van der Waals surface area (Å²) in [4.78, 5) is 0.256. The molecule has 1 aliphatic rings. The van der Waals surface area contributed by atoms with Gasteiger partial charge in [0, 0.05) is 19.1 Å². The van der Waals surface area contributed by atoms with Crippen molar-refractivity contribution >= 4 is 22.4 Å². The molecular weight excluding hydrogens is 300 g/mol. The molecular formula is C13H21ClN2O3S. The van der Waals surface area contributed by atoms with Crippen LogP contribution >= 0.6 is 12.4 Å². The van der Waals surface area contributed by atoms with Gasteiger partial charge in [0.15, 0.2) is 0 Å². The van der Waals surface area contributed by atoms with Gasteiger partial charge in [0.05, 0.1) is 7.11 Å². The van der Waals surface area contributed by atoms with Crippen LogP contribution in [0.15, 0.2) is 23.1 Å². The molecule has 1 N–H and O–H groups in total. The number of aryl methyl sites for hydroxylation is 1. The molecule has 0 amide bonds. The van der Waals surface area contributed by atoms with Crippen molar-refractivity contribution in [2.45, 2.75) is 24.3 Å². The molecule has 0 aliphatic carbocycles. The number of benzene rings is 1. The second-order valence-electron chi connectivity index (χ2n) is 4.79. The van der Waals surface area contributed by atoms with Gasteiger partial charge >= 0.3 is 0 Å². The second-order valence-corrected chi connectivity index (χ2v) is 6.70.